The Hall–Kier alpha value is -3.94. The number of rotatable bonds is 13. The molecule has 2 aliphatic carbocycles. The van der Waals surface area contributed by atoms with Gasteiger partial charge in [0.05, 0.1) is 5.92 Å². The van der Waals surface area contributed by atoms with E-state index in [2.05, 4.69) is 36.6 Å². The van der Waals surface area contributed by atoms with E-state index >= 15 is 0 Å². The van der Waals surface area contributed by atoms with Gasteiger partial charge in [-0.3, -0.25) is 9.59 Å². The summed E-state index contributed by atoms with van der Waals surface area (Å²) in [5.41, 5.74) is 5.00. The molecule has 43 heavy (non-hydrogen) atoms. The van der Waals surface area contributed by atoms with Crippen molar-refractivity contribution in [3.05, 3.63) is 71.4 Å². The Morgan fingerprint density at radius 2 is 1.56 bits per heavy atom. The summed E-state index contributed by atoms with van der Waals surface area (Å²) < 4.78 is 5.53. The van der Waals surface area contributed by atoms with Crippen LogP contribution in [0.3, 0.4) is 0 Å². The van der Waals surface area contributed by atoms with Gasteiger partial charge in [0.25, 0.3) is 0 Å². The summed E-state index contributed by atoms with van der Waals surface area (Å²) in [5, 5.41) is 15.6. The molecule has 0 saturated heterocycles. The molecule has 1 amide bonds. The number of aliphatic carboxylic acids is 1. The number of nitrogens with one attached hydrogen (secondary N) is 2. The predicted molar refractivity (Wildman–Crippen MR) is 166 cm³/mol. The third-order valence-corrected chi connectivity index (χ3v) is 8.20. The average molecular weight is 589 g/mol. The van der Waals surface area contributed by atoms with Crippen molar-refractivity contribution < 1.29 is 29.0 Å². The lowest BCUT2D eigenvalue weighted by atomic mass is 9.71. The van der Waals surface area contributed by atoms with Gasteiger partial charge in [-0.1, -0.05) is 76.2 Å². The molecule has 1 saturated carbocycles. The summed E-state index contributed by atoms with van der Waals surface area (Å²) in [4.78, 5) is 49.9. The summed E-state index contributed by atoms with van der Waals surface area (Å²) in [5.74, 6) is -1.65. The van der Waals surface area contributed by atoms with Crippen LogP contribution in [0.15, 0.2) is 60.3 Å². The number of ketones is 2. The number of carbonyl (C=O) groups excluding carboxylic acids is 3. The van der Waals surface area contributed by atoms with Crippen molar-refractivity contribution in [2.45, 2.75) is 78.2 Å². The number of fused-ring (bicyclic) bond motifs is 3. The molecule has 8 nitrogen and oxygen atoms in total. The molecule has 0 heterocycles. The number of alkyl carbamates (subject to hydrolysis) is 1. The molecule has 0 radical (unpaired) electrons. The number of allylic oxidation sites excluding steroid dienone is 2. The summed E-state index contributed by atoms with van der Waals surface area (Å²) in [7, 11) is 0. The van der Waals surface area contributed by atoms with Gasteiger partial charge in [-0.15, -0.1) is 0 Å². The van der Waals surface area contributed by atoms with Crippen LogP contribution in [0.4, 0.5) is 4.79 Å². The van der Waals surface area contributed by atoms with Crippen LogP contribution >= 0.6 is 0 Å². The zero-order valence-electron chi connectivity index (χ0n) is 25.7. The second kappa shape index (κ2) is 14.0. The number of carbonyl (C=O) groups is 4. The number of ether oxygens (including phenoxy) is 1. The van der Waals surface area contributed by atoms with Crippen molar-refractivity contribution in [1.82, 2.24) is 10.6 Å². The molecule has 0 aromatic heterocycles. The highest BCUT2D eigenvalue weighted by atomic mass is 16.5. The highest BCUT2D eigenvalue weighted by Crippen LogP contribution is 2.44. The SMILES string of the molecule is CC(C)CC(=CC1C(=O)CC(C)(C)CC1=O)NCCCC[C@H](NC(=O)OCC1c2ccccc2-c2ccccc21)C(=O)O. The van der Waals surface area contributed by atoms with Crippen LogP contribution in [0.25, 0.3) is 11.1 Å². The number of Topliss-reactive ketones (excluding diaryl/α,β-unsaturated/α-hetero) is 2. The van der Waals surface area contributed by atoms with E-state index in [9.17, 15) is 24.3 Å². The van der Waals surface area contributed by atoms with Gasteiger partial charge in [-0.05, 0) is 65.3 Å². The van der Waals surface area contributed by atoms with E-state index in [1.54, 1.807) is 6.08 Å². The number of hydrogen-bond donors (Lipinski definition) is 3. The van der Waals surface area contributed by atoms with Crippen LogP contribution < -0.4 is 10.6 Å². The summed E-state index contributed by atoms with van der Waals surface area (Å²) in [6, 6.07) is 15.0. The number of carboxylic acid groups (broad SMARTS) is 1. The maximum Gasteiger partial charge on any atom is 0.407 e. The molecule has 2 aromatic rings. The Morgan fingerprint density at radius 3 is 2.12 bits per heavy atom. The Labute approximate surface area is 254 Å². The molecule has 2 aliphatic rings. The Balaban J connectivity index is 1.25. The first-order valence-corrected chi connectivity index (χ1v) is 15.3. The first kappa shape index (κ1) is 32.0. The molecule has 1 fully saturated rings. The molecular formula is C35H44N2O6. The van der Waals surface area contributed by atoms with E-state index in [0.717, 1.165) is 28.0 Å². The topological polar surface area (TPSA) is 122 Å². The number of unbranched alkanes of at least 4 members (excludes halogenated alkanes) is 1. The first-order chi connectivity index (χ1) is 20.4. The average Bonchev–Trinajstić information content (AvgIpc) is 3.25. The van der Waals surface area contributed by atoms with Crippen LogP contribution in [-0.4, -0.2) is 47.9 Å². The molecule has 8 heteroatoms. The Kier molecular flexibility index (Phi) is 10.4. The van der Waals surface area contributed by atoms with Gasteiger partial charge in [-0.2, -0.15) is 0 Å². The third kappa shape index (κ3) is 8.33. The van der Waals surface area contributed by atoms with E-state index in [1.807, 2.05) is 50.2 Å². The largest absolute Gasteiger partial charge is 0.480 e. The number of hydrogen-bond acceptors (Lipinski definition) is 6. The van der Waals surface area contributed by atoms with Crippen molar-refractivity contribution in [2.75, 3.05) is 13.2 Å². The summed E-state index contributed by atoms with van der Waals surface area (Å²) in [6.45, 7) is 8.73. The van der Waals surface area contributed by atoms with Gasteiger partial charge in [0.2, 0.25) is 0 Å². The zero-order chi connectivity index (χ0) is 31.1. The maximum absolute atomic E-state index is 12.7. The van der Waals surface area contributed by atoms with Crippen LogP contribution in [0, 0.1) is 17.3 Å². The van der Waals surface area contributed by atoms with Gasteiger partial charge in [-0.25, -0.2) is 9.59 Å². The van der Waals surface area contributed by atoms with E-state index in [1.165, 1.54) is 0 Å². The first-order valence-electron chi connectivity index (χ1n) is 15.3. The van der Waals surface area contributed by atoms with Gasteiger partial charge in [0.15, 0.2) is 0 Å². The molecular weight excluding hydrogens is 544 g/mol. The lowest BCUT2D eigenvalue weighted by Gasteiger charge is -2.31. The van der Waals surface area contributed by atoms with Crippen LogP contribution in [0.5, 0.6) is 0 Å². The second-order valence-electron chi connectivity index (χ2n) is 13.0. The van der Waals surface area contributed by atoms with Crippen molar-refractivity contribution >= 4 is 23.6 Å². The smallest absolute Gasteiger partial charge is 0.407 e. The fourth-order valence-corrected chi connectivity index (χ4v) is 6.19. The monoisotopic (exact) mass is 588 g/mol. The molecule has 0 aliphatic heterocycles. The highest BCUT2D eigenvalue weighted by Gasteiger charge is 2.38. The van der Waals surface area contributed by atoms with Crippen LogP contribution in [0.2, 0.25) is 0 Å². The molecule has 2 aromatic carbocycles. The standard InChI is InChI=1S/C35H44N2O6/c1-22(2)17-23(18-28-31(38)19-35(3,4)20-32(28)39)36-16-10-9-15-30(33(40)41)37-34(42)43-21-29-26-13-7-5-11-24(26)25-12-6-8-14-27(25)29/h5-8,11-14,18,22,28-30,36H,9-10,15-17,19-21H2,1-4H3,(H,37,42)(H,40,41)/t30-/m0/s1. The fraction of sp³-hybridized carbons (Fsp3) is 0.486. The van der Waals surface area contributed by atoms with Gasteiger partial charge < -0.3 is 20.5 Å². The molecule has 0 spiro atoms. The third-order valence-electron chi connectivity index (χ3n) is 8.20. The van der Waals surface area contributed by atoms with Gasteiger partial charge in [0, 0.05) is 31.0 Å². The van der Waals surface area contributed by atoms with E-state index in [4.69, 9.17) is 4.74 Å². The summed E-state index contributed by atoms with van der Waals surface area (Å²) >= 11 is 0. The molecule has 4 rings (SSSR count). The Morgan fingerprint density at radius 1 is 0.977 bits per heavy atom. The minimum atomic E-state index is -1.11. The van der Waals surface area contributed by atoms with Crippen molar-refractivity contribution in [1.29, 1.82) is 0 Å². The number of benzene rings is 2. The lowest BCUT2D eigenvalue weighted by molar-refractivity contribution is -0.140. The number of carboxylic acids is 1. The minimum absolute atomic E-state index is 0.0343. The second-order valence-corrected chi connectivity index (χ2v) is 13.0. The number of amides is 1. The minimum Gasteiger partial charge on any atom is -0.480 e. The quantitative estimate of drug-likeness (QED) is 0.187. The molecule has 0 unspecified atom stereocenters. The molecule has 0 bridgehead atoms. The van der Waals surface area contributed by atoms with Crippen molar-refractivity contribution in [2.24, 2.45) is 17.3 Å². The molecule has 3 N–H and O–H groups in total. The van der Waals surface area contributed by atoms with Crippen LogP contribution in [-0.2, 0) is 19.1 Å². The predicted octanol–water partition coefficient (Wildman–Crippen LogP) is 6.24. The fourth-order valence-electron chi connectivity index (χ4n) is 6.19. The molecule has 230 valence electrons. The van der Waals surface area contributed by atoms with Gasteiger partial charge >= 0.3 is 12.1 Å². The molecule has 1 atom stereocenters. The normalized spacial score (nSPS) is 17.4. The van der Waals surface area contributed by atoms with Gasteiger partial charge in [0.1, 0.15) is 24.2 Å². The van der Waals surface area contributed by atoms with Crippen LogP contribution in [0.1, 0.15) is 83.3 Å². The van der Waals surface area contributed by atoms with E-state index < -0.39 is 24.0 Å². The maximum atomic E-state index is 12.7. The van der Waals surface area contributed by atoms with E-state index in [-0.39, 0.29) is 35.9 Å². The lowest BCUT2D eigenvalue weighted by Crippen LogP contribution is -2.41. The van der Waals surface area contributed by atoms with Crippen molar-refractivity contribution in [3.63, 3.8) is 0 Å². The summed E-state index contributed by atoms with van der Waals surface area (Å²) in [6.07, 6.45) is 3.99. The van der Waals surface area contributed by atoms with Crippen molar-refractivity contribution in [3.8, 4) is 11.1 Å². The Bertz CT molecular complexity index is 1310. The highest BCUT2D eigenvalue weighted by molar-refractivity contribution is 6.06. The zero-order valence-corrected chi connectivity index (χ0v) is 25.7. The van der Waals surface area contributed by atoms with E-state index in [0.29, 0.717) is 44.6 Å².